The van der Waals surface area contributed by atoms with Gasteiger partial charge < -0.3 is 9.64 Å². The van der Waals surface area contributed by atoms with E-state index in [0.29, 0.717) is 18.1 Å². The average Bonchev–Trinajstić information content (AvgIpc) is 3.34. The second-order valence-electron chi connectivity index (χ2n) is 9.33. The molecule has 1 saturated heterocycles. The molecule has 1 aromatic heterocycles. The number of piperazine rings is 1. The van der Waals surface area contributed by atoms with Crippen molar-refractivity contribution in [3.8, 4) is 5.69 Å². The van der Waals surface area contributed by atoms with Crippen LogP contribution in [0, 0.1) is 0 Å². The first-order chi connectivity index (χ1) is 18.5. The Kier molecular flexibility index (Phi) is 7.62. The molecule has 9 heteroatoms. The molecule has 0 N–H and O–H groups in total. The molecular formula is C29H30ClN5O3. The van der Waals surface area contributed by atoms with Crippen LogP contribution in [-0.2, 0) is 9.53 Å². The van der Waals surface area contributed by atoms with Gasteiger partial charge in [-0.15, -0.1) is 0 Å². The number of hydrogen-bond acceptors (Lipinski definition) is 6. The van der Waals surface area contributed by atoms with Crippen LogP contribution in [0.5, 0.6) is 0 Å². The number of esters is 1. The summed E-state index contributed by atoms with van der Waals surface area (Å²) in [4.78, 5) is 30.1. The average molecular weight is 532 g/mol. The van der Waals surface area contributed by atoms with Gasteiger partial charge in [0.1, 0.15) is 12.4 Å². The summed E-state index contributed by atoms with van der Waals surface area (Å²) in [6.45, 7) is 4.85. The summed E-state index contributed by atoms with van der Waals surface area (Å²) in [5.41, 5.74) is 3.49. The molecule has 1 aliphatic rings. The molecule has 1 fully saturated rings. The van der Waals surface area contributed by atoms with Crippen LogP contribution >= 0.6 is 11.6 Å². The Balaban J connectivity index is 1.27. The van der Waals surface area contributed by atoms with Crippen molar-refractivity contribution in [2.24, 2.45) is 0 Å². The predicted molar refractivity (Wildman–Crippen MR) is 148 cm³/mol. The Morgan fingerprint density at radius 1 is 0.895 bits per heavy atom. The molecule has 2 heterocycles. The van der Waals surface area contributed by atoms with Gasteiger partial charge in [-0.1, -0.05) is 54.1 Å². The summed E-state index contributed by atoms with van der Waals surface area (Å²) < 4.78 is 8.17. The van der Waals surface area contributed by atoms with E-state index in [1.165, 1.54) is 11.8 Å². The summed E-state index contributed by atoms with van der Waals surface area (Å²) in [7, 11) is 1.41. The molecule has 0 aliphatic carbocycles. The number of carbonyl (C=O) groups is 1. The molecule has 0 spiro atoms. The van der Waals surface area contributed by atoms with Crippen molar-refractivity contribution in [3.63, 3.8) is 0 Å². The maximum absolute atomic E-state index is 13.1. The van der Waals surface area contributed by atoms with E-state index in [0.717, 1.165) is 35.6 Å². The van der Waals surface area contributed by atoms with Crippen LogP contribution in [-0.4, -0.2) is 58.5 Å². The third-order valence-corrected chi connectivity index (χ3v) is 7.34. The van der Waals surface area contributed by atoms with E-state index in [2.05, 4.69) is 14.9 Å². The molecule has 5 rings (SSSR count). The van der Waals surface area contributed by atoms with E-state index >= 15 is 0 Å². The minimum atomic E-state index is -0.495. The monoisotopic (exact) mass is 531 g/mol. The number of halogens is 1. The smallest absolute Gasteiger partial charge is 0.350 e. The van der Waals surface area contributed by atoms with Gasteiger partial charge in [0.15, 0.2) is 0 Å². The lowest BCUT2D eigenvalue weighted by Crippen LogP contribution is -2.49. The van der Waals surface area contributed by atoms with E-state index in [1.54, 1.807) is 17.0 Å². The first-order valence-electron chi connectivity index (χ1n) is 12.6. The Labute approximate surface area is 226 Å². The van der Waals surface area contributed by atoms with Crippen LogP contribution in [0.4, 0.5) is 5.69 Å². The van der Waals surface area contributed by atoms with Crippen molar-refractivity contribution in [1.82, 2.24) is 19.2 Å². The van der Waals surface area contributed by atoms with Crippen molar-refractivity contribution >= 4 is 23.3 Å². The number of anilines is 1. The summed E-state index contributed by atoms with van der Waals surface area (Å²) >= 11 is 6.19. The van der Waals surface area contributed by atoms with Gasteiger partial charge in [-0.05, 0) is 54.4 Å². The molecule has 4 aromatic rings. The molecule has 0 amide bonds. The van der Waals surface area contributed by atoms with Crippen molar-refractivity contribution in [2.45, 2.75) is 19.0 Å². The Hall–Kier alpha value is -3.88. The van der Waals surface area contributed by atoms with Crippen LogP contribution in [0.15, 0.2) is 90.0 Å². The van der Waals surface area contributed by atoms with Crippen molar-refractivity contribution in [2.75, 3.05) is 38.2 Å². The molecular weight excluding hydrogens is 502 g/mol. The zero-order valence-electron chi connectivity index (χ0n) is 21.4. The molecule has 8 nitrogen and oxygen atoms in total. The van der Waals surface area contributed by atoms with Crippen molar-refractivity contribution < 1.29 is 9.53 Å². The predicted octanol–water partition coefficient (Wildman–Crippen LogP) is 4.33. The summed E-state index contributed by atoms with van der Waals surface area (Å²) in [6, 6.07) is 24.5. The van der Waals surface area contributed by atoms with Crippen LogP contribution in [0.25, 0.3) is 5.69 Å². The third-order valence-electron chi connectivity index (χ3n) is 7.10. The highest BCUT2D eigenvalue weighted by Gasteiger charge is 2.31. The highest BCUT2D eigenvalue weighted by Crippen LogP contribution is 2.27. The maximum Gasteiger partial charge on any atom is 0.350 e. The Morgan fingerprint density at radius 2 is 1.55 bits per heavy atom. The second kappa shape index (κ2) is 11.2. The number of rotatable bonds is 7. The van der Waals surface area contributed by atoms with Crippen LogP contribution in [0.2, 0.25) is 5.02 Å². The zero-order chi connectivity index (χ0) is 26.6. The zero-order valence-corrected chi connectivity index (χ0v) is 22.2. The van der Waals surface area contributed by atoms with Crippen LogP contribution in [0.3, 0.4) is 0 Å². The number of aromatic nitrogens is 3. The van der Waals surface area contributed by atoms with Crippen LogP contribution in [0.1, 0.15) is 30.1 Å². The molecule has 2 atom stereocenters. The Bertz CT molecular complexity index is 1440. The van der Waals surface area contributed by atoms with E-state index in [-0.39, 0.29) is 17.7 Å². The fourth-order valence-electron chi connectivity index (χ4n) is 4.98. The topological polar surface area (TPSA) is 72.6 Å². The third kappa shape index (κ3) is 5.23. The number of carbonyl (C=O) groups excluding carboxylic acids is 1. The van der Waals surface area contributed by atoms with Gasteiger partial charge in [0, 0.05) is 36.9 Å². The molecule has 0 bridgehead atoms. The second-order valence-corrected chi connectivity index (χ2v) is 9.77. The van der Waals surface area contributed by atoms with Gasteiger partial charge in [0.25, 0.3) is 0 Å². The van der Waals surface area contributed by atoms with Gasteiger partial charge >= 0.3 is 11.7 Å². The van der Waals surface area contributed by atoms with E-state index < -0.39 is 6.04 Å². The first-order valence-corrected chi connectivity index (χ1v) is 13.0. The SMILES string of the molecule is COC(=O)C(c1cccc(Cl)c1)N1CCN(c2ccc(-n3cnn(C(C)c4ccccc4)c3=O)cc2)CC1. The fourth-order valence-corrected chi connectivity index (χ4v) is 5.18. The fraction of sp³-hybridized carbons (Fsp3) is 0.276. The summed E-state index contributed by atoms with van der Waals surface area (Å²) in [5, 5.41) is 4.95. The summed E-state index contributed by atoms with van der Waals surface area (Å²) in [6.07, 6.45) is 1.57. The highest BCUT2D eigenvalue weighted by molar-refractivity contribution is 6.30. The summed E-state index contributed by atoms with van der Waals surface area (Å²) in [5.74, 6) is -0.294. The molecule has 38 heavy (non-hydrogen) atoms. The van der Waals surface area contributed by atoms with Gasteiger partial charge in [-0.3, -0.25) is 4.90 Å². The lowest BCUT2D eigenvalue weighted by atomic mass is 10.0. The van der Waals surface area contributed by atoms with Gasteiger partial charge in [0.2, 0.25) is 0 Å². The largest absolute Gasteiger partial charge is 0.468 e. The lowest BCUT2D eigenvalue weighted by Gasteiger charge is -2.39. The van der Waals surface area contributed by atoms with Crippen molar-refractivity contribution in [1.29, 1.82) is 0 Å². The number of hydrogen-bond donors (Lipinski definition) is 0. The normalized spacial score (nSPS) is 15.7. The molecule has 2 unspecified atom stereocenters. The van der Waals surface area contributed by atoms with Gasteiger partial charge in [-0.25, -0.2) is 18.8 Å². The molecule has 3 aromatic carbocycles. The highest BCUT2D eigenvalue weighted by atomic mass is 35.5. The van der Waals surface area contributed by atoms with E-state index in [4.69, 9.17) is 16.3 Å². The maximum atomic E-state index is 13.1. The molecule has 0 saturated carbocycles. The molecule has 0 radical (unpaired) electrons. The van der Waals surface area contributed by atoms with Crippen molar-refractivity contribution in [3.05, 3.63) is 112 Å². The minimum absolute atomic E-state index is 0.166. The molecule has 1 aliphatic heterocycles. The first kappa shape index (κ1) is 25.8. The number of nitrogens with zero attached hydrogens (tertiary/aromatic N) is 5. The number of methoxy groups -OCH3 is 1. The van der Waals surface area contributed by atoms with E-state index in [1.807, 2.05) is 79.7 Å². The van der Waals surface area contributed by atoms with Gasteiger partial charge in [-0.2, -0.15) is 5.10 Å². The number of ether oxygens (including phenoxy) is 1. The van der Waals surface area contributed by atoms with Gasteiger partial charge in [0.05, 0.1) is 18.8 Å². The Morgan fingerprint density at radius 3 is 2.21 bits per heavy atom. The van der Waals surface area contributed by atoms with Crippen LogP contribution < -0.4 is 10.6 Å². The molecule has 196 valence electrons. The number of benzene rings is 3. The quantitative estimate of drug-likeness (QED) is 0.330. The lowest BCUT2D eigenvalue weighted by molar-refractivity contribution is -0.147. The minimum Gasteiger partial charge on any atom is -0.468 e. The standard InChI is InChI=1S/C29H30ClN5O3/c1-21(22-7-4-3-5-8-22)35-29(37)34(20-31-35)26-13-11-25(12-14-26)32-15-17-33(18-16-32)27(28(36)38-2)23-9-6-10-24(30)19-23/h3-14,19-21,27H,15-18H2,1-2H3. The van der Waals surface area contributed by atoms with E-state index in [9.17, 15) is 9.59 Å².